The summed E-state index contributed by atoms with van der Waals surface area (Å²) in [4.78, 5) is 9.27. The molecular weight excluding hydrogens is 342 g/mol. The standard InChI is InChI=1S/C20H33N5O2/c1-21-20(22-8-3-4-9-25-12-10-24(2)11-13-25)23-17-6-7-18-19(16-17)27-15-5-14-26-18/h6-7,16H,3-5,8-15H2,1-2H3,(H2,21,22,23). The molecule has 0 aromatic heterocycles. The first kappa shape index (κ1) is 19.8. The van der Waals surface area contributed by atoms with Crippen molar-refractivity contribution < 1.29 is 9.47 Å². The van der Waals surface area contributed by atoms with Crippen molar-refractivity contribution in [3.05, 3.63) is 18.2 Å². The minimum atomic E-state index is 0.691. The number of nitrogens with one attached hydrogen (secondary N) is 2. The number of hydrogen-bond acceptors (Lipinski definition) is 5. The van der Waals surface area contributed by atoms with E-state index in [1.54, 1.807) is 7.05 Å². The Bertz CT molecular complexity index is 614. The molecule has 27 heavy (non-hydrogen) atoms. The van der Waals surface area contributed by atoms with Crippen LogP contribution in [0.4, 0.5) is 5.69 Å². The van der Waals surface area contributed by atoms with Gasteiger partial charge < -0.3 is 29.9 Å². The Labute approximate surface area is 162 Å². The second kappa shape index (κ2) is 10.4. The van der Waals surface area contributed by atoms with Crippen LogP contribution in [0.3, 0.4) is 0 Å². The fourth-order valence-corrected chi connectivity index (χ4v) is 3.30. The Hall–Kier alpha value is -1.99. The largest absolute Gasteiger partial charge is 0.490 e. The molecule has 0 unspecified atom stereocenters. The van der Waals surface area contributed by atoms with Gasteiger partial charge in [0.05, 0.1) is 13.2 Å². The predicted molar refractivity (Wildman–Crippen MR) is 110 cm³/mol. The summed E-state index contributed by atoms with van der Waals surface area (Å²) >= 11 is 0. The van der Waals surface area contributed by atoms with E-state index in [-0.39, 0.29) is 0 Å². The number of hydrogen-bond donors (Lipinski definition) is 2. The van der Waals surface area contributed by atoms with Gasteiger partial charge in [0.25, 0.3) is 0 Å². The van der Waals surface area contributed by atoms with Crippen LogP contribution in [0.1, 0.15) is 19.3 Å². The molecule has 2 aliphatic rings. The highest BCUT2D eigenvalue weighted by molar-refractivity contribution is 5.93. The maximum Gasteiger partial charge on any atom is 0.195 e. The van der Waals surface area contributed by atoms with Crippen LogP contribution >= 0.6 is 0 Å². The van der Waals surface area contributed by atoms with Crippen LogP contribution in [0, 0.1) is 0 Å². The Balaban J connectivity index is 1.37. The molecule has 0 amide bonds. The number of aliphatic imine (C=N–C) groups is 1. The van der Waals surface area contributed by atoms with Crippen molar-refractivity contribution in [1.82, 2.24) is 15.1 Å². The number of nitrogens with zero attached hydrogens (tertiary/aromatic N) is 3. The molecular formula is C20H33N5O2. The van der Waals surface area contributed by atoms with E-state index in [0.717, 1.165) is 42.5 Å². The van der Waals surface area contributed by atoms with Crippen molar-refractivity contribution in [3.8, 4) is 11.5 Å². The maximum atomic E-state index is 5.75. The number of piperazine rings is 1. The summed E-state index contributed by atoms with van der Waals surface area (Å²) in [7, 11) is 3.99. The van der Waals surface area contributed by atoms with Gasteiger partial charge in [-0.05, 0) is 38.6 Å². The lowest BCUT2D eigenvalue weighted by atomic mass is 10.2. The molecule has 0 atom stereocenters. The van der Waals surface area contributed by atoms with Gasteiger partial charge in [0.1, 0.15) is 0 Å². The Morgan fingerprint density at radius 3 is 2.63 bits per heavy atom. The van der Waals surface area contributed by atoms with Crippen LogP contribution in [-0.2, 0) is 0 Å². The summed E-state index contributed by atoms with van der Waals surface area (Å²) in [5.74, 6) is 2.38. The number of anilines is 1. The first-order valence-corrected chi connectivity index (χ1v) is 10.0. The first-order chi connectivity index (χ1) is 13.2. The highest BCUT2D eigenvalue weighted by Gasteiger charge is 2.13. The fourth-order valence-electron chi connectivity index (χ4n) is 3.30. The quantitative estimate of drug-likeness (QED) is 0.450. The number of ether oxygens (including phenoxy) is 2. The van der Waals surface area contributed by atoms with Crippen LogP contribution in [0.25, 0.3) is 0 Å². The third kappa shape index (κ3) is 6.29. The molecule has 0 spiro atoms. The summed E-state index contributed by atoms with van der Waals surface area (Å²) in [5, 5.41) is 6.73. The smallest absolute Gasteiger partial charge is 0.195 e. The lowest BCUT2D eigenvalue weighted by Gasteiger charge is -2.32. The molecule has 7 nitrogen and oxygen atoms in total. The molecule has 150 valence electrons. The predicted octanol–water partition coefficient (Wildman–Crippen LogP) is 1.86. The van der Waals surface area contributed by atoms with Gasteiger partial charge in [-0.1, -0.05) is 0 Å². The molecule has 1 fully saturated rings. The zero-order valence-corrected chi connectivity index (χ0v) is 16.7. The van der Waals surface area contributed by atoms with Crippen molar-refractivity contribution in [2.45, 2.75) is 19.3 Å². The molecule has 1 saturated heterocycles. The molecule has 2 N–H and O–H groups in total. The SMILES string of the molecule is CN=C(NCCCCN1CCN(C)CC1)Nc1ccc2c(c1)OCCCO2. The average molecular weight is 376 g/mol. The summed E-state index contributed by atoms with van der Waals surface area (Å²) in [6.07, 6.45) is 3.25. The lowest BCUT2D eigenvalue weighted by Crippen LogP contribution is -2.44. The van der Waals surface area contributed by atoms with Crippen molar-refractivity contribution >= 4 is 11.6 Å². The number of rotatable bonds is 6. The van der Waals surface area contributed by atoms with Crippen LogP contribution in [0.15, 0.2) is 23.2 Å². The summed E-state index contributed by atoms with van der Waals surface area (Å²) in [6, 6.07) is 5.92. The molecule has 0 bridgehead atoms. The zero-order valence-electron chi connectivity index (χ0n) is 16.7. The van der Waals surface area contributed by atoms with Crippen LogP contribution in [0.5, 0.6) is 11.5 Å². The average Bonchev–Trinajstić information content (AvgIpc) is 2.93. The number of unbranched alkanes of at least 4 members (excludes halogenated alkanes) is 1. The molecule has 0 radical (unpaired) electrons. The van der Waals surface area contributed by atoms with Gasteiger partial charge in [-0.3, -0.25) is 4.99 Å². The topological polar surface area (TPSA) is 61.4 Å². The summed E-state index contributed by atoms with van der Waals surface area (Å²) in [5.41, 5.74) is 0.949. The van der Waals surface area contributed by atoms with E-state index in [1.807, 2.05) is 18.2 Å². The summed E-state index contributed by atoms with van der Waals surface area (Å²) < 4.78 is 11.4. The van der Waals surface area contributed by atoms with Gasteiger partial charge in [-0.25, -0.2) is 0 Å². The van der Waals surface area contributed by atoms with E-state index >= 15 is 0 Å². The molecule has 1 aromatic rings. The number of fused-ring (bicyclic) bond motifs is 1. The third-order valence-electron chi connectivity index (χ3n) is 5.02. The second-order valence-electron chi connectivity index (χ2n) is 7.19. The highest BCUT2D eigenvalue weighted by Crippen LogP contribution is 2.32. The molecule has 3 rings (SSSR count). The lowest BCUT2D eigenvalue weighted by molar-refractivity contribution is 0.152. The molecule has 0 saturated carbocycles. The third-order valence-corrected chi connectivity index (χ3v) is 5.02. The van der Waals surface area contributed by atoms with E-state index in [9.17, 15) is 0 Å². The molecule has 2 aliphatic heterocycles. The van der Waals surface area contributed by atoms with Crippen LogP contribution in [0.2, 0.25) is 0 Å². The van der Waals surface area contributed by atoms with Crippen LogP contribution < -0.4 is 20.1 Å². The van der Waals surface area contributed by atoms with E-state index in [2.05, 4.69) is 32.5 Å². The van der Waals surface area contributed by atoms with Gasteiger partial charge in [0, 0.05) is 57.9 Å². The van der Waals surface area contributed by atoms with Gasteiger partial charge in [0.2, 0.25) is 0 Å². The Kier molecular flexibility index (Phi) is 7.59. The number of likely N-dealkylation sites (N-methyl/N-ethyl adjacent to an activating group) is 1. The van der Waals surface area contributed by atoms with Crippen molar-refractivity contribution in [1.29, 1.82) is 0 Å². The van der Waals surface area contributed by atoms with Gasteiger partial charge in [-0.2, -0.15) is 0 Å². The minimum absolute atomic E-state index is 0.691. The molecule has 2 heterocycles. The van der Waals surface area contributed by atoms with Gasteiger partial charge >= 0.3 is 0 Å². The van der Waals surface area contributed by atoms with E-state index < -0.39 is 0 Å². The van der Waals surface area contributed by atoms with Crippen molar-refractivity contribution in [2.75, 3.05) is 71.9 Å². The second-order valence-corrected chi connectivity index (χ2v) is 7.19. The number of guanidine groups is 1. The maximum absolute atomic E-state index is 5.75. The number of benzene rings is 1. The first-order valence-electron chi connectivity index (χ1n) is 10.0. The van der Waals surface area contributed by atoms with Gasteiger partial charge in [-0.15, -0.1) is 0 Å². The van der Waals surface area contributed by atoms with Gasteiger partial charge in [0.15, 0.2) is 17.5 Å². The zero-order chi connectivity index (χ0) is 18.9. The van der Waals surface area contributed by atoms with Crippen molar-refractivity contribution in [3.63, 3.8) is 0 Å². The van der Waals surface area contributed by atoms with E-state index in [0.29, 0.717) is 13.2 Å². The Morgan fingerprint density at radius 1 is 1.07 bits per heavy atom. The highest BCUT2D eigenvalue weighted by atomic mass is 16.5. The monoisotopic (exact) mass is 375 g/mol. The Morgan fingerprint density at radius 2 is 1.85 bits per heavy atom. The fraction of sp³-hybridized carbons (Fsp3) is 0.650. The molecule has 7 heteroatoms. The van der Waals surface area contributed by atoms with E-state index in [4.69, 9.17) is 9.47 Å². The molecule has 0 aliphatic carbocycles. The molecule has 1 aromatic carbocycles. The normalized spacial score (nSPS) is 18.8. The summed E-state index contributed by atoms with van der Waals surface area (Å²) in [6.45, 7) is 8.25. The van der Waals surface area contributed by atoms with E-state index in [1.165, 1.54) is 39.1 Å². The van der Waals surface area contributed by atoms with Crippen molar-refractivity contribution in [2.24, 2.45) is 4.99 Å². The minimum Gasteiger partial charge on any atom is -0.490 e. The van der Waals surface area contributed by atoms with Crippen LogP contribution in [-0.4, -0.2) is 82.3 Å².